The third-order valence-electron chi connectivity index (χ3n) is 3.04. The Morgan fingerprint density at radius 1 is 0.941 bits per heavy atom. The quantitative estimate of drug-likeness (QED) is 0.629. The van der Waals surface area contributed by atoms with Crippen molar-refractivity contribution in [1.82, 2.24) is 0 Å². The largest absolute Gasteiger partial charge is 0.497 e. The average Bonchev–Trinajstić information content (AvgIpc) is 2.38. The third-order valence-corrected chi connectivity index (χ3v) is 3.04. The van der Waals surface area contributed by atoms with Crippen molar-refractivity contribution in [2.45, 2.75) is 45.4 Å². The lowest BCUT2D eigenvalue weighted by Crippen LogP contribution is -1.94. The first-order valence-electron chi connectivity index (χ1n) is 6.52. The number of rotatable bonds is 8. The first-order valence-corrected chi connectivity index (χ1v) is 6.52. The standard InChI is InChI=1S/C15H24O2/c1-4-5-6-7-8-9-13-10-11-14(16-2)12-15(13)17-3/h10-12H,4-9H2,1-3H3. The molecule has 0 radical (unpaired) electrons. The molecular weight excluding hydrogens is 212 g/mol. The Labute approximate surface area is 105 Å². The summed E-state index contributed by atoms with van der Waals surface area (Å²) in [7, 11) is 3.40. The minimum atomic E-state index is 0.858. The lowest BCUT2D eigenvalue weighted by atomic mass is 10.0. The van der Waals surface area contributed by atoms with Crippen LogP contribution in [0.3, 0.4) is 0 Å². The van der Waals surface area contributed by atoms with Crippen molar-refractivity contribution in [1.29, 1.82) is 0 Å². The molecule has 0 spiro atoms. The summed E-state index contributed by atoms with van der Waals surface area (Å²) in [5, 5.41) is 0. The van der Waals surface area contributed by atoms with Crippen LogP contribution in [0.1, 0.15) is 44.6 Å². The van der Waals surface area contributed by atoms with Crippen LogP contribution in [0.2, 0.25) is 0 Å². The van der Waals surface area contributed by atoms with E-state index in [0.717, 1.165) is 17.9 Å². The molecule has 0 aliphatic heterocycles. The molecule has 0 atom stereocenters. The monoisotopic (exact) mass is 236 g/mol. The van der Waals surface area contributed by atoms with Gasteiger partial charge < -0.3 is 9.47 Å². The summed E-state index contributed by atoms with van der Waals surface area (Å²) in [4.78, 5) is 0. The Hall–Kier alpha value is -1.18. The average molecular weight is 236 g/mol. The highest BCUT2D eigenvalue weighted by molar-refractivity contribution is 5.40. The molecule has 0 saturated heterocycles. The SMILES string of the molecule is CCCCCCCc1ccc(OC)cc1OC. The van der Waals surface area contributed by atoms with Crippen LogP contribution < -0.4 is 9.47 Å². The summed E-state index contributed by atoms with van der Waals surface area (Å²) in [6.45, 7) is 2.24. The molecule has 1 aromatic carbocycles. The fourth-order valence-corrected chi connectivity index (χ4v) is 1.98. The lowest BCUT2D eigenvalue weighted by Gasteiger charge is -2.10. The molecule has 0 heterocycles. The van der Waals surface area contributed by atoms with Gasteiger partial charge in [-0.2, -0.15) is 0 Å². The first-order chi connectivity index (χ1) is 8.31. The highest BCUT2D eigenvalue weighted by Gasteiger charge is 2.04. The second kappa shape index (κ2) is 7.99. The normalized spacial score (nSPS) is 10.3. The van der Waals surface area contributed by atoms with Crippen molar-refractivity contribution in [3.63, 3.8) is 0 Å². The van der Waals surface area contributed by atoms with Gasteiger partial charge in [-0.05, 0) is 24.5 Å². The van der Waals surface area contributed by atoms with E-state index in [1.54, 1.807) is 14.2 Å². The van der Waals surface area contributed by atoms with Gasteiger partial charge in [0, 0.05) is 6.07 Å². The van der Waals surface area contributed by atoms with Crippen LogP contribution in [0.5, 0.6) is 11.5 Å². The van der Waals surface area contributed by atoms with E-state index >= 15 is 0 Å². The Kier molecular flexibility index (Phi) is 6.53. The van der Waals surface area contributed by atoms with Crippen LogP contribution in [0.15, 0.2) is 18.2 Å². The van der Waals surface area contributed by atoms with Crippen LogP contribution in [-0.2, 0) is 6.42 Å². The first kappa shape index (κ1) is 13.9. The fourth-order valence-electron chi connectivity index (χ4n) is 1.98. The molecule has 96 valence electrons. The number of unbranched alkanes of at least 4 members (excludes halogenated alkanes) is 4. The summed E-state index contributed by atoms with van der Waals surface area (Å²) in [6.07, 6.45) is 7.63. The molecular formula is C15H24O2. The van der Waals surface area contributed by atoms with Crippen molar-refractivity contribution in [3.8, 4) is 11.5 Å². The van der Waals surface area contributed by atoms with E-state index in [0.29, 0.717) is 0 Å². The van der Waals surface area contributed by atoms with E-state index in [1.165, 1.54) is 37.7 Å². The predicted molar refractivity (Wildman–Crippen MR) is 72.0 cm³/mol. The van der Waals surface area contributed by atoms with Gasteiger partial charge in [-0.25, -0.2) is 0 Å². The van der Waals surface area contributed by atoms with Crippen LogP contribution in [0.25, 0.3) is 0 Å². The number of aryl methyl sites for hydroxylation is 1. The summed E-state index contributed by atoms with van der Waals surface area (Å²) in [5.74, 6) is 1.80. The second-order valence-corrected chi connectivity index (χ2v) is 4.34. The maximum absolute atomic E-state index is 5.39. The maximum Gasteiger partial charge on any atom is 0.125 e. The maximum atomic E-state index is 5.39. The summed E-state index contributed by atoms with van der Waals surface area (Å²) >= 11 is 0. The molecule has 17 heavy (non-hydrogen) atoms. The lowest BCUT2D eigenvalue weighted by molar-refractivity contribution is 0.390. The third kappa shape index (κ3) is 4.68. The summed E-state index contributed by atoms with van der Waals surface area (Å²) in [6, 6.07) is 6.07. The van der Waals surface area contributed by atoms with Crippen molar-refractivity contribution in [2.75, 3.05) is 14.2 Å². The minimum absolute atomic E-state index is 0.858. The molecule has 0 bridgehead atoms. The summed E-state index contributed by atoms with van der Waals surface area (Å²) < 4.78 is 10.6. The molecule has 2 heteroatoms. The van der Waals surface area contributed by atoms with Crippen LogP contribution in [-0.4, -0.2) is 14.2 Å². The number of methoxy groups -OCH3 is 2. The van der Waals surface area contributed by atoms with Crippen molar-refractivity contribution in [2.24, 2.45) is 0 Å². The highest BCUT2D eigenvalue weighted by atomic mass is 16.5. The fraction of sp³-hybridized carbons (Fsp3) is 0.600. The summed E-state index contributed by atoms with van der Waals surface area (Å²) in [5.41, 5.74) is 1.28. The smallest absolute Gasteiger partial charge is 0.125 e. The molecule has 0 aliphatic rings. The van der Waals surface area contributed by atoms with Crippen LogP contribution in [0.4, 0.5) is 0 Å². The Bertz CT molecular complexity index is 321. The molecule has 1 aromatic rings. The Balaban J connectivity index is 2.46. The Morgan fingerprint density at radius 3 is 2.35 bits per heavy atom. The zero-order valence-corrected chi connectivity index (χ0v) is 11.3. The zero-order valence-electron chi connectivity index (χ0n) is 11.3. The van der Waals surface area contributed by atoms with Gasteiger partial charge in [0.1, 0.15) is 11.5 Å². The van der Waals surface area contributed by atoms with Gasteiger partial charge in [0.2, 0.25) is 0 Å². The molecule has 0 fully saturated rings. The number of hydrogen-bond donors (Lipinski definition) is 0. The van der Waals surface area contributed by atoms with Gasteiger partial charge in [0.15, 0.2) is 0 Å². The molecule has 0 unspecified atom stereocenters. The van der Waals surface area contributed by atoms with Crippen molar-refractivity contribution in [3.05, 3.63) is 23.8 Å². The molecule has 1 rings (SSSR count). The molecule has 0 saturated carbocycles. The van der Waals surface area contributed by atoms with Gasteiger partial charge in [-0.15, -0.1) is 0 Å². The minimum Gasteiger partial charge on any atom is -0.497 e. The van der Waals surface area contributed by atoms with E-state index in [2.05, 4.69) is 13.0 Å². The van der Waals surface area contributed by atoms with Gasteiger partial charge >= 0.3 is 0 Å². The molecule has 2 nitrogen and oxygen atoms in total. The van der Waals surface area contributed by atoms with E-state index < -0.39 is 0 Å². The number of ether oxygens (including phenoxy) is 2. The number of hydrogen-bond acceptors (Lipinski definition) is 2. The zero-order chi connectivity index (χ0) is 12.5. The second-order valence-electron chi connectivity index (χ2n) is 4.34. The predicted octanol–water partition coefficient (Wildman–Crippen LogP) is 4.22. The Morgan fingerprint density at radius 2 is 1.71 bits per heavy atom. The van der Waals surface area contributed by atoms with E-state index in [-0.39, 0.29) is 0 Å². The molecule has 0 amide bonds. The number of benzene rings is 1. The van der Waals surface area contributed by atoms with Gasteiger partial charge in [0.05, 0.1) is 14.2 Å². The topological polar surface area (TPSA) is 18.5 Å². The van der Waals surface area contributed by atoms with Crippen LogP contribution in [0, 0.1) is 0 Å². The molecule has 0 aliphatic carbocycles. The molecule has 0 N–H and O–H groups in total. The van der Waals surface area contributed by atoms with Gasteiger partial charge in [0.25, 0.3) is 0 Å². The van der Waals surface area contributed by atoms with Crippen molar-refractivity contribution >= 4 is 0 Å². The highest BCUT2D eigenvalue weighted by Crippen LogP contribution is 2.26. The van der Waals surface area contributed by atoms with Gasteiger partial charge in [-0.1, -0.05) is 38.7 Å². The van der Waals surface area contributed by atoms with E-state index in [4.69, 9.17) is 9.47 Å². The molecule has 0 aromatic heterocycles. The van der Waals surface area contributed by atoms with Crippen molar-refractivity contribution < 1.29 is 9.47 Å². The van der Waals surface area contributed by atoms with Crippen LogP contribution >= 0.6 is 0 Å². The van der Waals surface area contributed by atoms with E-state index in [1.807, 2.05) is 12.1 Å². The van der Waals surface area contributed by atoms with Gasteiger partial charge in [-0.3, -0.25) is 0 Å². The van der Waals surface area contributed by atoms with E-state index in [9.17, 15) is 0 Å².